The van der Waals surface area contributed by atoms with Crippen LogP contribution in [0.5, 0.6) is 0 Å². The molecule has 0 unspecified atom stereocenters. The lowest BCUT2D eigenvalue weighted by Gasteiger charge is -1.97. The second kappa shape index (κ2) is 5.00. The molecule has 0 saturated carbocycles. The molecule has 2 aromatic rings. The fourth-order valence-electron chi connectivity index (χ4n) is 1.32. The molecule has 1 nitrogen and oxygen atoms in total. The van der Waals surface area contributed by atoms with E-state index in [0.29, 0.717) is 6.07 Å². The van der Waals surface area contributed by atoms with Gasteiger partial charge in [-0.3, -0.25) is 4.99 Å². The molecule has 18 heavy (non-hydrogen) atoms. The number of hydrogen-bond donors (Lipinski definition) is 0. The van der Waals surface area contributed by atoms with Crippen molar-refractivity contribution >= 4 is 11.9 Å². The van der Waals surface area contributed by atoms with Gasteiger partial charge in [0.05, 0.1) is 5.69 Å². The van der Waals surface area contributed by atoms with E-state index in [0.717, 1.165) is 24.4 Å². The third-order valence-electron chi connectivity index (χ3n) is 2.22. The first kappa shape index (κ1) is 12.3. The molecular weight excluding hydrogens is 246 g/mol. The van der Waals surface area contributed by atoms with Crippen molar-refractivity contribution in [3.8, 4) is 0 Å². The summed E-state index contributed by atoms with van der Waals surface area (Å²) in [6.45, 7) is 0. The normalized spacial score (nSPS) is 11.1. The number of aliphatic imine (C=N–C) groups is 1. The average Bonchev–Trinajstić information content (AvgIpc) is 2.32. The topological polar surface area (TPSA) is 12.4 Å². The van der Waals surface area contributed by atoms with Gasteiger partial charge in [-0.2, -0.15) is 0 Å². The van der Waals surface area contributed by atoms with Crippen LogP contribution in [0.4, 0.5) is 23.2 Å². The van der Waals surface area contributed by atoms with Crippen molar-refractivity contribution in [2.45, 2.75) is 0 Å². The zero-order valence-corrected chi connectivity index (χ0v) is 9.00. The number of benzene rings is 2. The highest BCUT2D eigenvalue weighted by Gasteiger charge is 2.03. The Hall–Kier alpha value is -2.17. The summed E-state index contributed by atoms with van der Waals surface area (Å²) in [5, 5.41) is 0. The molecule has 0 heterocycles. The molecule has 2 rings (SSSR count). The second-order valence-corrected chi connectivity index (χ2v) is 3.52. The third kappa shape index (κ3) is 2.74. The van der Waals surface area contributed by atoms with Gasteiger partial charge >= 0.3 is 0 Å². The fraction of sp³-hybridized carbons (Fsp3) is 0. The Balaban J connectivity index is 2.27. The monoisotopic (exact) mass is 253 g/mol. The van der Waals surface area contributed by atoms with E-state index in [9.17, 15) is 17.6 Å². The van der Waals surface area contributed by atoms with Gasteiger partial charge in [-0.15, -0.1) is 0 Å². The standard InChI is InChI=1S/C13H7F4N/c14-9-2-1-8(12(16)5-9)7-18-10-3-4-11(15)13(17)6-10/h1-7H. The SMILES string of the molecule is Fc1ccc(C=Nc2ccc(F)c(F)c2)c(F)c1. The molecule has 92 valence electrons. The predicted molar refractivity (Wildman–Crippen MR) is 60.0 cm³/mol. The van der Waals surface area contributed by atoms with Crippen LogP contribution in [0.3, 0.4) is 0 Å². The minimum absolute atomic E-state index is 0.0566. The minimum Gasteiger partial charge on any atom is -0.256 e. The van der Waals surface area contributed by atoms with Gasteiger partial charge < -0.3 is 0 Å². The Kier molecular flexibility index (Phi) is 3.41. The molecule has 0 amide bonds. The van der Waals surface area contributed by atoms with Gasteiger partial charge in [0.2, 0.25) is 0 Å². The predicted octanol–water partition coefficient (Wildman–Crippen LogP) is 3.99. The molecule has 0 atom stereocenters. The highest BCUT2D eigenvalue weighted by Crippen LogP contribution is 2.16. The number of halogens is 4. The largest absolute Gasteiger partial charge is 0.256 e. The summed E-state index contributed by atoms with van der Waals surface area (Å²) < 4.78 is 51.4. The first-order valence-corrected chi connectivity index (χ1v) is 5.00. The Labute approximate surface area is 100 Å². The van der Waals surface area contributed by atoms with Gasteiger partial charge in [-0.25, -0.2) is 17.6 Å². The van der Waals surface area contributed by atoms with Gasteiger partial charge in [0.25, 0.3) is 0 Å². The van der Waals surface area contributed by atoms with Crippen LogP contribution in [0.2, 0.25) is 0 Å². The van der Waals surface area contributed by atoms with Crippen molar-refractivity contribution in [1.29, 1.82) is 0 Å². The smallest absolute Gasteiger partial charge is 0.160 e. The van der Waals surface area contributed by atoms with Gasteiger partial charge in [-0.05, 0) is 24.3 Å². The number of rotatable bonds is 2. The summed E-state index contributed by atoms with van der Waals surface area (Å²) >= 11 is 0. The maximum atomic E-state index is 13.2. The molecule has 0 bridgehead atoms. The average molecular weight is 253 g/mol. The van der Waals surface area contributed by atoms with Crippen molar-refractivity contribution in [3.63, 3.8) is 0 Å². The van der Waals surface area contributed by atoms with Crippen molar-refractivity contribution in [3.05, 3.63) is 65.2 Å². The molecular formula is C13H7F4N. The van der Waals surface area contributed by atoms with E-state index in [1.165, 1.54) is 12.1 Å². The summed E-state index contributed by atoms with van der Waals surface area (Å²) in [5.41, 5.74) is 0.193. The summed E-state index contributed by atoms with van der Waals surface area (Å²) in [7, 11) is 0. The Morgan fingerprint density at radius 3 is 2.22 bits per heavy atom. The first-order chi connectivity index (χ1) is 8.56. The van der Waals surface area contributed by atoms with Gasteiger partial charge in [0.1, 0.15) is 11.6 Å². The Bertz CT molecular complexity index is 608. The molecule has 0 radical (unpaired) electrons. The van der Waals surface area contributed by atoms with E-state index in [4.69, 9.17) is 0 Å². The molecule has 0 aliphatic rings. The van der Waals surface area contributed by atoms with Crippen LogP contribution < -0.4 is 0 Å². The number of nitrogens with zero attached hydrogens (tertiary/aromatic N) is 1. The van der Waals surface area contributed by atoms with E-state index in [1.807, 2.05) is 0 Å². The highest BCUT2D eigenvalue weighted by molar-refractivity contribution is 5.82. The van der Waals surface area contributed by atoms with E-state index in [-0.39, 0.29) is 11.3 Å². The maximum absolute atomic E-state index is 13.2. The molecule has 2 aromatic carbocycles. The van der Waals surface area contributed by atoms with Crippen LogP contribution in [0.25, 0.3) is 0 Å². The van der Waals surface area contributed by atoms with Crippen LogP contribution in [0, 0.1) is 23.3 Å². The molecule has 5 heteroatoms. The molecule has 0 saturated heterocycles. The van der Waals surface area contributed by atoms with Gasteiger partial charge in [0, 0.05) is 23.9 Å². The third-order valence-corrected chi connectivity index (χ3v) is 2.22. The van der Waals surface area contributed by atoms with Crippen LogP contribution in [-0.2, 0) is 0 Å². The first-order valence-electron chi connectivity index (χ1n) is 5.00. The highest BCUT2D eigenvalue weighted by atomic mass is 19.2. The zero-order chi connectivity index (χ0) is 13.1. The lowest BCUT2D eigenvalue weighted by molar-refractivity contribution is 0.509. The fourth-order valence-corrected chi connectivity index (χ4v) is 1.32. The molecule has 0 fully saturated rings. The van der Waals surface area contributed by atoms with E-state index < -0.39 is 23.3 Å². The Morgan fingerprint density at radius 2 is 1.56 bits per heavy atom. The van der Waals surface area contributed by atoms with Gasteiger partial charge in [0.15, 0.2) is 11.6 Å². The summed E-state index contributed by atoms with van der Waals surface area (Å²) in [6, 6.07) is 6.04. The lowest BCUT2D eigenvalue weighted by atomic mass is 10.2. The Morgan fingerprint density at radius 1 is 0.778 bits per heavy atom. The molecule has 0 aromatic heterocycles. The summed E-state index contributed by atoms with van der Waals surface area (Å²) in [4.78, 5) is 3.77. The van der Waals surface area contributed by atoms with Crippen molar-refractivity contribution < 1.29 is 17.6 Å². The van der Waals surface area contributed by atoms with E-state index in [2.05, 4.69) is 4.99 Å². The summed E-state index contributed by atoms with van der Waals surface area (Å²) in [5.74, 6) is -3.50. The molecule has 0 spiro atoms. The second-order valence-electron chi connectivity index (χ2n) is 3.52. The summed E-state index contributed by atoms with van der Waals surface area (Å²) in [6.07, 6.45) is 1.11. The minimum atomic E-state index is -1.04. The molecule has 0 aliphatic heterocycles. The van der Waals surface area contributed by atoms with Crippen molar-refractivity contribution in [2.75, 3.05) is 0 Å². The maximum Gasteiger partial charge on any atom is 0.160 e. The van der Waals surface area contributed by atoms with Crippen LogP contribution in [-0.4, -0.2) is 6.21 Å². The van der Waals surface area contributed by atoms with Crippen LogP contribution in [0.15, 0.2) is 41.4 Å². The quantitative estimate of drug-likeness (QED) is 0.566. The zero-order valence-electron chi connectivity index (χ0n) is 9.00. The van der Waals surface area contributed by atoms with Crippen LogP contribution in [0.1, 0.15) is 5.56 Å². The van der Waals surface area contributed by atoms with E-state index in [1.54, 1.807) is 0 Å². The lowest BCUT2D eigenvalue weighted by Crippen LogP contribution is -1.89. The van der Waals surface area contributed by atoms with Gasteiger partial charge in [-0.1, -0.05) is 0 Å². The van der Waals surface area contributed by atoms with Crippen molar-refractivity contribution in [1.82, 2.24) is 0 Å². The molecule has 0 N–H and O–H groups in total. The number of hydrogen-bond acceptors (Lipinski definition) is 1. The molecule has 0 aliphatic carbocycles. The van der Waals surface area contributed by atoms with E-state index >= 15 is 0 Å². The van der Waals surface area contributed by atoms with Crippen molar-refractivity contribution in [2.24, 2.45) is 4.99 Å². The van der Waals surface area contributed by atoms with Crippen LogP contribution >= 0.6 is 0 Å².